The molecule has 0 amide bonds. The number of alkyl halides is 4. The Morgan fingerprint density at radius 3 is 2.15 bits per heavy atom. The molecule has 0 saturated carbocycles. The average Bonchev–Trinajstić information content (AvgIpc) is 2.94. The number of hydrogen-bond acceptors (Lipinski definition) is 2. The van der Waals surface area contributed by atoms with Gasteiger partial charge in [0.15, 0.2) is 0 Å². The summed E-state index contributed by atoms with van der Waals surface area (Å²) < 4.78 is 67.5. The molecule has 1 fully saturated rings. The Hall–Kier alpha value is -1.13. The summed E-state index contributed by atoms with van der Waals surface area (Å²) in [7, 11) is -4.31. The van der Waals surface area contributed by atoms with E-state index in [-0.39, 0.29) is 11.3 Å². The molecule has 1 aliphatic heterocycles. The van der Waals surface area contributed by atoms with E-state index in [4.69, 9.17) is 0 Å². The second-order valence-corrected chi connectivity index (χ2v) is 9.76. The van der Waals surface area contributed by atoms with Crippen LogP contribution in [0.15, 0.2) is 59.5 Å². The highest BCUT2D eigenvalue weighted by molar-refractivity contribution is 14.1. The average molecular weight is 495 g/mol. The third kappa shape index (κ3) is 3.63. The van der Waals surface area contributed by atoms with E-state index in [1.165, 1.54) is 12.1 Å². The van der Waals surface area contributed by atoms with E-state index < -0.39 is 32.2 Å². The summed E-state index contributed by atoms with van der Waals surface area (Å²) in [4.78, 5) is -0.121. The van der Waals surface area contributed by atoms with Crippen molar-refractivity contribution in [2.24, 2.45) is 0 Å². The number of aryl methyl sites for hydroxylation is 1. The Kier molecular flexibility index (Phi) is 5.38. The van der Waals surface area contributed by atoms with Crippen molar-refractivity contribution in [2.45, 2.75) is 40.4 Å². The third-order valence-electron chi connectivity index (χ3n) is 4.49. The van der Waals surface area contributed by atoms with Gasteiger partial charge in [-0.3, -0.25) is 0 Å². The van der Waals surface area contributed by atoms with Crippen LogP contribution in [-0.4, -0.2) is 28.9 Å². The first-order valence-corrected chi connectivity index (χ1v) is 10.7. The molecule has 1 aliphatic rings. The van der Waals surface area contributed by atoms with Crippen LogP contribution in [0.4, 0.5) is 13.2 Å². The monoisotopic (exact) mass is 495 g/mol. The van der Waals surface area contributed by atoms with Gasteiger partial charge in [0, 0.05) is 3.92 Å². The summed E-state index contributed by atoms with van der Waals surface area (Å²) in [5.41, 5.74) is 1.40. The van der Waals surface area contributed by atoms with E-state index in [2.05, 4.69) is 0 Å². The van der Waals surface area contributed by atoms with E-state index in [0.29, 0.717) is 9.87 Å². The molecule has 0 unspecified atom stereocenters. The smallest absolute Gasteiger partial charge is 0.207 e. The Morgan fingerprint density at radius 1 is 1.04 bits per heavy atom. The number of rotatable bonds is 3. The lowest BCUT2D eigenvalue weighted by Crippen LogP contribution is -2.45. The Morgan fingerprint density at radius 2 is 1.62 bits per heavy atom. The zero-order chi connectivity index (χ0) is 19.1. The first kappa shape index (κ1) is 19.6. The van der Waals surface area contributed by atoms with Crippen LogP contribution in [0.5, 0.6) is 0 Å². The second-order valence-electron chi connectivity index (χ2n) is 6.31. The second kappa shape index (κ2) is 7.12. The van der Waals surface area contributed by atoms with Gasteiger partial charge in [-0.05, 0) is 31.0 Å². The number of halogens is 4. The minimum absolute atomic E-state index is 0.121. The lowest BCUT2D eigenvalue weighted by molar-refractivity contribution is -0.167. The van der Waals surface area contributed by atoms with Crippen LogP contribution < -0.4 is 0 Å². The van der Waals surface area contributed by atoms with Crippen LogP contribution in [0, 0.1) is 6.92 Å². The standard InChI is InChI=1S/C18H17F3INO2S/c1-12-7-9-14(10-8-12)26(24,25)23-16(18(19,20)21)11-15(22)17(23)13-5-3-2-4-6-13/h2-10,15-17H,11H2,1H3/t15-,16+,17+/m1/s1. The molecule has 2 aromatic carbocycles. The van der Waals surface area contributed by atoms with Gasteiger partial charge in [0.05, 0.1) is 10.9 Å². The summed E-state index contributed by atoms with van der Waals surface area (Å²) >= 11 is 1.93. The molecule has 1 saturated heterocycles. The molecule has 3 nitrogen and oxygen atoms in total. The van der Waals surface area contributed by atoms with Gasteiger partial charge in [-0.2, -0.15) is 17.5 Å². The van der Waals surface area contributed by atoms with E-state index in [1.807, 2.05) is 22.6 Å². The van der Waals surface area contributed by atoms with Gasteiger partial charge in [0.1, 0.15) is 6.04 Å². The predicted octanol–water partition coefficient (Wildman–Crippen LogP) is 4.87. The molecule has 3 rings (SSSR count). The molecular formula is C18H17F3INO2S. The number of sulfonamides is 1. The molecule has 0 aromatic heterocycles. The van der Waals surface area contributed by atoms with Gasteiger partial charge in [0.2, 0.25) is 10.0 Å². The van der Waals surface area contributed by atoms with E-state index in [0.717, 1.165) is 5.56 Å². The lowest BCUT2D eigenvalue weighted by atomic mass is 10.1. The van der Waals surface area contributed by atoms with Crippen LogP contribution in [0.1, 0.15) is 23.6 Å². The van der Waals surface area contributed by atoms with Crippen molar-refractivity contribution in [1.82, 2.24) is 4.31 Å². The Balaban J connectivity index is 2.14. The molecule has 0 bridgehead atoms. The van der Waals surface area contributed by atoms with E-state index in [9.17, 15) is 21.6 Å². The quantitative estimate of drug-likeness (QED) is 0.451. The maximum atomic E-state index is 13.7. The van der Waals surface area contributed by atoms with Gasteiger partial charge in [0.25, 0.3) is 0 Å². The minimum atomic E-state index is -4.63. The van der Waals surface area contributed by atoms with Crippen LogP contribution in [0.2, 0.25) is 0 Å². The number of benzene rings is 2. The Bertz CT molecular complexity index is 870. The van der Waals surface area contributed by atoms with Gasteiger partial charge in [-0.25, -0.2) is 8.42 Å². The van der Waals surface area contributed by atoms with Crippen molar-refractivity contribution >= 4 is 32.6 Å². The third-order valence-corrected chi connectivity index (χ3v) is 7.58. The fraction of sp³-hybridized carbons (Fsp3) is 0.333. The summed E-state index contributed by atoms with van der Waals surface area (Å²) in [5.74, 6) is 0. The predicted molar refractivity (Wildman–Crippen MR) is 102 cm³/mol. The normalized spacial score (nSPS) is 24.7. The summed E-state index contributed by atoms with van der Waals surface area (Å²) in [6.45, 7) is 1.79. The van der Waals surface area contributed by atoms with Gasteiger partial charge in [-0.15, -0.1) is 0 Å². The highest BCUT2D eigenvalue weighted by atomic mass is 127. The Labute approximate surface area is 164 Å². The van der Waals surface area contributed by atoms with Crippen LogP contribution in [-0.2, 0) is 10.0 Å². The molecule has 8 heteroatoms. The largest absolute Gasteiger partial charge is 0.405 e. The first-order valence-electron chi connectivity index (χ1n) is 7.98. The van der Waals surface area contributed by atoms with Crippen molar-refractivity contribution in [1.29, 1.82) is 0 Å². The van der Waals surface area contributed by atoms with Crippen molar-refractivity contribution < 1.29 is 21.6 Å². The molecular weight excluding hydrogens is 478 g/mol. The first-order chi connectivity index (χ1) is 12.1. The van der Waals surface area contributed by atoms with Crippen molar-refractivity contribution in [3.63, 3.8) is 0 Å². The summed E-state index contributed by atoms with van der Waals surface area (Å²) in [6, 6.07) is 11.5. The lowest BCUT2D eigenvalue weighted by Gasteiger charge is -2.31. The van der Waals surface area contributed by atoms with Gasteiger partial charge < -0.3 is 0 Å². The van der Waals surface area contributed by atoms with Gasteiger partial charge >= 0.3 is 6.18 Å². The molecule has 0 aliphatic carbocycles. The van der Waals surface area contributed by atoms with Gasteiger partial charge in [-0.1, -0.05) is 70.6 Å². The molecule has 3 atom stereocenters. The maximum Gasteiger partial charge on any atom is 0.405 e. The number of nitrogens with zero attached hydrogens (tertiary/aromatic N) is 1. The zero-order valence-electron chi connectivity index (χ0n) is 13.8. The van der Waals surface area contributed by atoms with Crippen LogP contribution in [0.3, 0.4) is 0 Å². The van der Waals surface area contributed by atoms with Crippen LogP contribution in [0.25, 0.3) is 0 Å². The molecule has 0 spiro atoms. The molecule has 140 valence electrons. The molecule has 26 heavy (non-hydrogen) atoms. The van der Waals surface area contributed by atoms with Crippen molar-refractivity contribution in [3.05, 3.63) is 65.7 Å². The highest BCUT2D eigenvalue weighted by Gasteiger charge is 2.57. The van der Waals surface area contributed by atoms with Crippen molar-refractivity contribution in [2.75, 3.05) is 0 Å². The zero-order valence-corrected chi connectivity index (χ0v) is 16.8. The SMILES string of the molecule is Cc1ccc(S(=O)(=O)N2[C@H](C(F)(F)F)C[C@@H](I)[C@@H]2c2ccccc2)cc1. The van der Waals surface area contributed by atoms with Crippen molar-refractivity contribution in [3.8, 4) is 0 Å². The highest BCUT2D eigenvalue weighted by Crippen LogP contribution is 2.48. The molecule has 0 N–H and O–H groups in total. The maximum absolute atomic E-state index is 13.7. The fourth-order valence-corrected chi connectivity index (χ4v) is 6.53. The summed E-state index contributed by atoms with van der Waals surface area (Å²) in [5, 5.41) is 0. The fourth-order valence-electron chi connectivity index (χ4n) is 3.23. The molecule has 1 heterocycles. The van der Waals surface area contributed by atoms with E-state index in [1.54, 1.807) is 49.4 Å². The topological polar surface area (TPSA) is 37.4 Å². The molecule has 2 aromatic rings. The van der Waals surface area contributed by atoms with E-state index >= 15 is 0 Å². The van der Waals surface area contributed by atoms with Crippen LogP contribution >= 0.6 is 22.6 Å². The minimum Gasteiger partial charge on any atom is -0.207 e. The summed E-state index contributed by atoms with van der Waals surface area (Å²) in [6.07, 6.45) is -4.90. The molecule has 0 radical (unpaired) electrons. The number of hydrogen-bond donors (Lipinski definition) is 0.